The van der Waals surface area contributed by atoms with Crippen LogP contribution in [0.1, 0.15) is 19.8 Å². The molecule has 0 aliphatic carbocycles. The topological polar surface area (TPSA) is 27.7 Å². The summed E-state index contributed by atoms with van der Waals surface area (Å²) in [4.78, 5) is 5.06. The van der Waals surface area contributed by atoms with E-state index in [-0.39, 0.29) is 0 Å². The third-order valence-electron chi connectivity index (χ3n) is 4.00. The summed E-state index contributed by atoms with van der Waals surface area (Å²) in [7, 11) is 0. The van der Waals surface area contributed by atoms with Crippen LogP contribution < -0.4 is 5.32 Å². The average molecular weight is 223 g/mol. The Morgan fingerprint density at radius 2 is 2.00 bits per heavy atom. The number of hydrogen-bond donors (Lipinski definition) is 1. The molecular formula is C12H21N3O. The quantitative estimate of drug-likeness (QED) is 0.741. The Balaban J connectivity index is 1.50. The first-order valence-electron chi connectivity index (χ1n) is 6.33. The molecule has 0 radical (unpaired) electrons. The van der Waals surface area contributed by atoms with Crippen molar-refractivity contribution in [3.63, 3.8) is 0 Å². The van der Waals surface area contributed by atoms with Gasteiger partial charge in [-0.2, -0.15) is 0 Å². The van der Waals surface area contributed by atoms with E-state index in [9.17, 15) is 0 Å². The molecule has 0 spiro atoms. The van der Waals surface area contributed by atoms with Gasteiger partial charge < -0.3 is 15.0 Å². The highest BCUT2D eigenvalue weighted by atomic mass is 16.5. The van der Waals surface area contributed by atoms with E-state index in [1.54, 1.807) is 0 Å². The minimum atomic E-state index is 0.718. The van der Waals surface area contributed by atoms with Crippen LogP contribution in [0.3, 0.4) is 0 Å². The SMILES string of the molecule is CC1=CN(C2CCN(C3COC3)CC2)CN1. The highest BCUT2D eigenvalue weighted by molar-refractivity contribution is 5.03. The summed E-state index contributed by atoms with van der Waals surface area (Å²) in [5.41, 5.74) is 1.30. The van der Waals surface area contributed by atoms with E-state index in [0.29, 0.717) is 0 Å². The summed E-state index contributed by atoms with van der Waals surface area (Å²) in [6, 6.07) is 1.46. The molecular weight excluding hydrogens is 202 g/mol. The predicted octanol–water partition coefficient (Wildman–Crippen LogP) is 0.574. The lowest BCUT2D eigenvalue weighted by atomic mass is 10.0. The van der Waals surface area contributed by atoms with Crippen LogP contribution in [0.4, 0.5) is 0 Å². The molecule has 0 aromatic rings. The van der Waals surface area contributed by atoms with Gasteiger partial charge in [0.25, 0.3) is 0 Å². The summed E-state index contributed by atoms with van der Waals surface area (Å²) >= 11 is 0. The second-order valence-corrected chi connectivity index (χ2v) is 5.12. The number of nitrogens with zero attached hydrogens (tertiary/aromatic N) is 2. The number of allylic oxidation sites excluding steroid dienone is 1. The highest BCUT2D eigenvalue weighted by Crippen LogP contribution is 2.22. The van der Waals surface area contributed by atoms with Crippen molar-refractivity contribution >= 4 is 0 Å². The fourth-order valence-electron chi connectivity index (χ4n) is 2.81. The Morgan fingerprint density at radius 3 is 2.50 bits per heavy atom. The fourth-order valence-corrected chi connectivity index (χ4v) is 2.81. The molecule has 3 heterocycles. The van der Waals surface area contributed by atoms with E-state index in [1.807, 2.05) is 0 Å². The van der Waals surface area contributed by atoms with Crippen molar-refractivity contribution in [3.05, 3.63) is 11.9 Å². The van der Waals surface area contributed by atoms with Gasteiger partial charge in [-0.15, -0.1) is 0 Å². The lowest BCUT2D eigenvalue weighted by Crippen LogP contribution is -2.54. The van der Waals surface area contributed by atoms with Gasteiger partial charge in [-0.25, -0.2) is 0 Å². The van der Waals surface area contributed by atoms with E-state index in [4.69, 9.17) is 4.74 Å². The molecule has 2 saturated heterocycles. The van der Waals surface area contributed by atoms with Gasteiger partial charge in [0.05, 0.1) is 25.9 Å². The molecule has 0 unspecified atom stereocenters. The normalized spacial score (nSPS) is 28.8. The van der Waals surface area contributed by atoms with Gasteiger partial charge in [-0.3, -0.25) is 4.90 Å². The lowest BCUT2D eigenvalue weighted by molar-refractivity contribution is -0.0746. The van der Waals surface area contributed by atoms with Crippen molar-refractivity contribution in [2.45, 2.75) is 31.8 Å². The maximum Gasteiger partial charge on any atom is 0.0872 e. The molecule has 2 fully saturated rings. The summed E-state index contributed by atoms with van der Waals surface area (Å²) in [6.45, 7) is 7.53. The largest absolute Gasteiger partial charge is 0.378 e. The Labute approximate surface area is 97.2 Å². The average Bonchev–Trinajstić information content (AvgIpc) is 2.63. The maximum atomic E-state index is 5.26. The maximum absolute atomic E-state index is 5.26. The number of ether oxygens (including phenoxy) is 1. The smallest absolute Gasteiger partial charge is 0.0872 e. The molecule has 0 aromatic carbocycles. The van der Waals surface area contributed by atoms with Crippen LogP contribution in [-0.4, -0.2) is 54.9 Å². The summed E-state index contributed by atoms with van der Waals surface area (Å²) in [5.74, 6) is 0. The van der Waals surface area contributed by atoms with Crippen LogP contribution in [0.25, 0.3) is 0 Å². The molecule has 0 aromatic heterocycles. The van der Waals surface area contributed by atoms with Crippen LogP contribution in [0.2, 0.25) is 0 Å². The van der Waals surface area contributed by atoms with Crippen LogP contribution in [0.5, 0.6) is 0 Å². The van der Waals surface area contributed by atoms with Crippen molar-refractivity contribution < 1.29 is 4.74 Å². The zero-order chi connectivity index (χ0) is 11.0. The summed E-state index contributed by atoms with van der Waals surface area (Å²) in [5, 5.41) is 3.38. The molecule has 4 heteroatoms. The molecule has 90 valence electrons. The molecule has 0 saturated carbocycles. The second-order valence-electron chi connectivity index (χ2n) is 5.12. The Kier molecular flexibility index (Phi) is 2.77. The Morgan fingerprint density at radius 1 is 1.25 bits per heavy atom. The number of nitrogens with one attached hydrogen (secondary N) is 1. The van der Waals surface area contributed by atoms with Crippen LogP contribution in [0.15, 0.2) is 11.9 Å². The van der Waals surface area contributed by atoms with Gasteiger partial charge in [0.15, 0.2) is 0 Å². The van der Waals surface area contributed by atoms with Gasteiger partial charge in [0, 0.05) is 31.0 Å². The standard InChI is InChI=1S/C12H21N3O/c1-10-6-15(9-13-10)11-2-4-14(5-3-11)12-7-16-8-12/h6,11-13H,2-5,7-9H2,1H3. The van der Waals surface area contributed by atoms with Crippen molar-refractivity contribution in [2.24, 2.45) is 0 Å². The fraction of sp³-hybridized carbons (Fsp3) is 0.833. The van der Waals surface area contributed by atoms with Crippen molar-refractivity contribution in [3.8, 4) is 0 Å². The van der Waals surface area contributed by atoms with Crippen molar-refractivity contribution in [2.75, 3.05) is 33.0 Å². The highest BCUT2D eigenvalue weighted by Gasteiger charge is 2.31. The van der Waals surface area contributed by atoms with E-state index < -0.39 is 0 Å². The van der Waals surface area contributed by atoms with E-state index >= 15 is 0 Å². The zero-order valence-corrected chi connectivity index (χ0v) is 9.98. The van der Waals surface area contributed by atoms with E-state index in [0.717, 1.165) is 32.0 Å². The number of piperidine rings is 1. The first-order chi connectivity index (χ1) is 7.83. The van der Waals surface area contributed by atoms with E-state index in [2.05, 4.69) is 28.2 Å². The summed E-state index contributed by atoms with van der Waals surface area (Å²) < 4.78 is 5.26. The van der Waals surface area contributed by atoms with Gasteiger partial charge in [0.2, 0.25) is 0 Å². The molecule has 4 nitrogen and oxygen atoms in total. The van der Waals surface area contributed by atoms with Gasteiger partial charge in [-0.05, 0) is 19.8 Å². The van der Waals surface area contributed by atoms with Crippen molar-refractivity contribution in [1.82, 2.24) is 15.1 Å². The minimum absolute atomic E-state index is 0.718. The summed E-state index contributed by atoms with van der Waals surface area (Å²) in [6.07, 6.45) is 4.86. The Bertz CT molecular complexity index is 280. The molecule has 16 heavy (non-hydrogen) atoms. The Hall–Kier alpha value is -0.740. The minimum Gasteiger partial charge on any atom is -0.378 e. The monoisotopic (exact) mass is 223 g/mol. The van der Waals surface area contributed by atoms with Crippen LogP contribution >= 0.6 is 0 Å². The molecule has 0 atom stereocenters. The van der Waals surface area contributed by atoms with Gasteiger partial charge in [-0.1, -0.05) is 0 Å². The van der Waals surface area contributed by atoms with E-state index in [1.165, 1.54) is 31.6 Å². The molecule has 3 rings (SSSR count). The molecule has 3 aliphatic rings. The van der Waals surface area contributed by atoms with Gasteiger partial charge >= 0.3 is 0 Å². The van der Waals surface area contributed by atoms with Crippen molar-refractivity contribution in [1.29, 1.82) is 0 Å². The molecule has 0 amide bonds. The van der Waals surface area contributed by atoms with Crippen LogP contribution in [0, 0.1) is 0 Å². The molecule has 3 aliphatic heterocycles. The first-order valence-corrected chi connectivity index (χ1v) is 6.33. The lowest BCUT2D eigenvalue weighted by Gasteiger charge is -2.43. The first kappa shape index (κ1) is 10.4. The molecule has 1 N–H and O–H groups in total. The number of likely N-dealkylation sites (tertiary alicyclic amines) is 1. The third kappa shape index (κ3) is 1.92. The number of rotatable bonds is 2. The number of hydrogen-bond acceptors (Lipinski definition) is 4. The second kappa shape index (κ2) is 4.26. The zero-order valence-electron chi connectivity index (χ0n) is 9.98. The third-order valence-corrected chi connectivity index (χ3v) is 4.00. The van der Waals surface area contributed by atoms with Gasteiger partial charge in [0.1, 0.15) is 0 Å². The molecule has 0 bridgehead atoms. The van der Waals surface area contributed by atoms with Crippen LogP contribution in [-0.2, 0) is 4.74 Å². The predicted molar refractivity (Wildman–Crippen MR) is 62.8 cm³/mol.